The van der Waals surface area contributed by atoms with Gasteiger partial charge in [-0.3, -0.25) is 10.1 Å². The maximum atomic E-state index is 12.6. The zero-order valence-electron chi connectivity index (χ0n) is 15.8. The zero-order chi connectivity index (χ0) is 20.4. The minimum absolute atomic E-state index is 0.0445. The summed E-state index contributed by atoms with van der Waals surface area (Å²) in [6, 6.07) is 11.8. The molecule has 0 aliphatic carbocycles. The third-order valence-electron chi connectivity index (χ3n) is 4.70. The van der Waals surface area contributed by atoms with E-state index in [0.717, 1.165) is 28.6 Å². The molecule has 1 atom stereocenters. The molecule has 1 fully saturated rings. The van der Waals surface area contributed by atoms with Crippen LogP contribution in [0.15, 0.2) is 47.4 Å². The third-order valence-corrected chi connectivity index (χ3v) is 7.05. The van der Waals surface area contributed by atoms with Gasteiger partial charge in [0.1, 0.15) is 0 Å². The molecule has 152 valence electrons. The lowest BCUT2D eigenvalue weighted by atomic mass is 10.2. The second-order valence-corrected chi connectivity index (χ2v) is 9.76. The fourth-order valence-corrected chi connectivity index (χ4v) is 5.22. The molecule has 1 amide bonds. The first-order valence-electron chi connectivity index (χ1n) is 9.30. The van der Waals surface area contributed by atoms with Crippen LogP contribution in [-0.4, -0.2) is 38.6 Å². The Morgan fingerprint density at radius 3 is 2.93 bits per heavy atom. The molecule has 0 unspecified atom stereocenters. The van der Waals surface area contributed by atoms with E-state index in [-0.39, 0.29) is 23.1 Å². The van der Waals surface area contributed by atoms with Crippen molar-refractivity contribution >= 4 is 42.6 Å². The van der Waals surface area contributed by atoms with E-state index < -0.39 is 15.9 Å². The van der Waals surface area contributed by atoms with Gasteiger partial charge in [0.05, 0.1) is 21.2 Å². The minimum atomic E-state index is -3.72. The number of thiazole rings is 1. The van der Waals surface area contributed by atoms with Gasteiger partial charge in [-0.05, 0) is 55.7 Å². The first kappa shape index (κ1) is 20.0. The second-order valence-electron chi connectivity index (χ2n) is 6.96. The highest BCUT2D eigenvalue weighted by Crippen LogP contribution is 2.27. The van der Waals surface area contributed by atoms with Crippen LogP contribution in [0.3, 0.4) is 0 Å². The number of carbonyl (C=O) groups excluding carboxylic acids is 1. The Labute approximate surface area is 173 Å². The molecular weight excluding hydrogens is 410 g/mol. The van der Waals surface area contributed by atoms with E-state index in [1.54, 1.807) is 12.1 Å². The first-order chi connectivity index (χ1) is 13.9. The Morgan fingerprint density at radius 1 is 1.28 bits per heavy atom. The van der Waals surface area contributed by atoms with Crippen molar-refractivity contribution in [3.63, 3.8) is 0 Å². The number of nitrogens with one attached hydrogen (secondary N) is 2. The molecule has 0 bridgehead atoms. The summed E-state index contributed by atoms with van der Waals surface area (Å²) in [7, 11) is -3.72. The van der Waals surface area contributed by atoms with E-state index in [1.165, 1.54) is 23.5 Å². The number of aryl methyl sites for hydroxylation is 1. The predicted molar refractivity (Wildman–Crippen MR) is 113 cm³/mol. The van der Waals surface area contributed by atoms with Crippen molar-refractivity contribution in [3.05, 3.63) is 53.6 Å². The molecule has 2 heterocycles. The number of ether oxygens (including phenoxy) is 1. The van der Waals surface area contributed by atoms with Crippen molar-refractivity contribution < 1.29 is 17.9 Å². The Morgan fingerprint density at radius 2 is 2.14 bits per heavy atom. The molecule has 0 spiro atoms. The maximum absolute atomic E-state index is 12.6. The number of hydrogen-bond acceptors (Lipinski definition) is 6. The highest BCUT2D eigenvalue weighted by atomic mass is 32.2. The Kier molecular flexibility index (Phi) is 5.64. The van der Waals surface area contributed by atoms with Crippen LogP contribution in [0.5, 0.6) is 0 Å². The Bertz CT molecular complexity index is 1150. The number of benzene rings is 2. The van der Waals surface area contributed by atoms with E-state index in [0.29, 0.717) is 11.7 Å². The van der Waals surface area contributed by atoms with Crippen molar-refractivity contribution in [1.82, 2.24) is 9.71 Å². The summed E-state index contributed by atoms with van der Waals surface area (Å²) in [5, 5.41) is 3.23. The van der Waals surface area contributed by atoms with Gasteiger partial charge in [0.15, 0.2) is 5.13 Å². The molecule has 29 heavy (non-hydrogen) atoms. The van der Waals surface area contributed by atoms with Crippen molar-refractivity contribution in [1.29, 1.82) is 0 Å². The lowest BCUT2D eigenvalue weighted by Gasteiger charge is -2.12. The van der Waals surface area contributed by atoms with Crippen molar-refractivity contribution in [2.45, 2.75) is 30.8 Å². The molecule has 1 aliphatic rings. The highest BCUT2D eigenvalue weighted by Gasteiger charge is 2.21. The summed E-state index contributed by atoms with van der Waals surface area (Å²) in [6.45, 7) is 2.88. The van der Waals surface area contributed by atoms with E-state index in [4.69, 9.17) is 4.74 Å². The number of sulfonamides is 1. The third kappa shape index (κ3) is 4.64. The molecule has 9 heteroatoms. The molecule has 1 aliphatic heterocycles. The molecule has 1 saturated heterocycles. The topological polar surface area (TPSA) is 97.4 Å². The molecule has 7 nitrogen and oxygen atoms in total. The van der Waals surface area contributed by atoms with Gasteiger partial charge in [0.25, 0.3) is 5.91 Å². The predicted octanol–water partition coefficient (Wildman–Crippen LogP) is 3.31. The number of aromatic nitrogens is 1. The first-order valence-corrected chi connectivity index (χ1v) is 11.6. The second kappa shape index (κ2) is 8.19. The molecule has 0 radical (unpaired) electrons. The number of amides is 1. The summed E-state index contributed by atoms with van der Waals surface area (Å²) in [4.78, 5) is 17.1. The number of fused-ring (bicyclic) bond motifs is 1. The number of anilines is 1. The smallest absolute Gasteiger partial charge is 0.257 e. The fourth-order valence-electron chi connectivity index (χ4n) is 3.15. The summed E-state index contributed by atoms with van der Waals surface area (Å²) in [5.41, 5.74) is 2.18. The molecule has 3 aromatic rings. The van der Waals surface area contributed by atoms with Crippen LogP contribution in [0.25, 0.3) is 10.2 Å². The van der Waals surface area contributed by atoms with E-state index in [1.807, 2.05) is 25.1 Å². The molecule has 1 aromatic heterocycles. The van der Waals surface area contributed by atoms with E-state index >= 15 is 0 Å². The fraction of sp³-hybridized carbons (Fsp3) is 0.300. The van der Waals surface area contributed by atoms with Gasteiger partial charge in [0, 0.05) is 18.7 Å². The zero-order valence-corrected chi connectivity index (χ0v) is 17.5. The van der Waals surface area contributed by atoms with Crippen LogP contribution in [0.1, 0.15) is 28.8 Å². The normalized spacial score (nSPS) is 16.9. The van der Waals surface area contributed by atoms with E-state index in [9.17, 15) is 13.2 Å². The van der Waals surface area contributed by atoms with Gasteiger partial charge in [-0.15, -0.1) is 0 Å². The summed E-state index contributed by atoms with van der Waals surface area (Å²) >= 11 is 1.38. The van der Waals surface area contributed by atoms with Gasteiger partial charge in [-0.25, -0.2) is 18.1 Å². The van der Waals surface area contributed by atoms with E-state index in [2.05, 4.69) is 15.0 Å². The average molecular weight is 432 g/mol. The Balaban J connectivity index is 1.48. The summed E-state index contributed by atoms with van der Waals surface area (Å²) in [6.07, 6.45) is 1.68. The molecule has 2 N–H and O–H groups in total. The van der Waals surface area contributed by atoms with Gasteiger partial charge in [-0.2, -0.15) is 0 Å². The lowest BCUT2D eigenvalue weighted by molar-refractivity contribution is 0.102. The van der Waals surface area contributed by atoms with Gasteiger partial charge >= 0.3 is 0 Å². The van der Waals surface area contributed by atoms with Crippen LogP contribution in [0.2, 0.25) is 0 Å². The number of hydrogen-bond donors (Lipinski definition) is 2. The van der Waals surface area contributed by atoms with Crippen LogP contribution >= 0.6 is 11.3 Å². The number of nitrogens with zero attached hydrogens (tertiary/aromatic N) is 1. The number of rotatable bonds is 6. The van der Waals surface area contributed by atoms with Gasteiger partial charge < -0.3 is 4.74 Å². The van der Waals surface area contributed by atoms with Crippen molar-refractivity contribution in [2.24, 2.45) is 0 Å². The van der Waals surface area contributed by atoms with Gasteiger partial charge in [0.2, 0.25) is 10.0 Å². The number of carbonyl (C=O) groups is 1. The van der Waals surface area contributed by atoms with Crippen LogP contribution < -0.4 is 10.0 Å². The lowest BCUT2D eigenvalue weighted by Crippen LogP contribution is -2.32. The van der Waals surface area contributed by atoms with Crippen molar-refractivity contribution in [3.8, 4) is 0 Å². The van der Waals surface area contributed by atoms with Crippen LogP contribution in [-0.2, 0) is 14.8 Å². The Hall–Kier alpha value is -2.33. The highest BCUT2D eigenvalue weighted by molar-refractivity contribution is 7.89. The standard InChI is InChI=1S/C20H21N3O4S2/c1-13-7-8-17-18(10-13)28-20(22-17)23-19(24)14-4-2-6-16(11-14)29(25,26)21-12-15-5-3-9-27-15/h2,4,6-8,10-11,15,21H,3,5,9,12H2,1H3,(H,22,23,24)/t15-/m0/s1. The minimum Gasteiger partial charge on any atom is -0.377 e. The largest absolute Gasteiger partial charge is 0.377 e. The van der Waals surface area contributed by atoms with Crippen LogP contribution in [0.4, 0.5) is 5.13 Å². The summed E-state index contributed by atoms with van der Waals surface area (Å²) < 4.78 is 34.1. The molecule has 4 rings (SSSR count). The monoisotopic (exact) mass is 431 g/mol. The van der Waals surface area contributed by atoms with Gasteiger partial charge in [-0.1, -0.05) is 23.5 Å². The van der Waals surface area contributed by atoms with Crippen molar-refractivity contribution in [2.75, 3.05) is 18.5 Å². The molecule has 0 saturated carbocycles. The summed E-state index contributed by atoms with van der Waals surface area (Å²) in [5.74, 6) is -0.406. The molecule has 2 aromatic carbocycles. The van der Waals surface area contributed by atoms with Crippen LogP contribution in [0, 0.1) is 6.92 Å². The quantitative estimate of drug-likeness (QED) is 0.624. The maximum Gasteiger partial charge on any atom is 0.257 e. The molecular formula is C20H21N3O4S2. The SMILES string of the molecule is Cc1ccc2nc(NC(=O)c3cccc(S(=O)(=O)NC[C@@H]4CCCO4)c3)sc2c1. The average Bonchev–Trinajstić information content (AvgIpc) is 3.35.